The van der Waals surface area contributed by atoms with Crippen LogP contribution in [0.15, 0.2) is 29.2 Å². The summed E-state index contributed by atoms with van der Waals surface area (Å²) in [7, 11) is 0. The summed E-state index contributed by atoms with van der Waals surface area (Å²) in [4.78, 5) is 11.7. The fraction of sp³-hybridized carbons (Fsp3) is 0.364. The van der Waals surface area contributed by atoms with Gasteiger partial charge in [-0.25, -0.2) is 4.39 Å². The van der Waals surface area contributed by atoms with E-state index in [1.807, 2.05) is 0 Å². The fourth-order valence-corrected chi connectivity index (χ4v) is 2.83. The summed E-state index contributed by atoms with van der Waals surface area (Å²) in [6, 6.07) is 5.82. The standard InChI is InChI=1S/C11H12FNO2S/c12-7-1-3-8(4-2-7)16-9-5-10(11(14)15)13-6-9/h1-4,9-10,13H,5-6H2,(H,14,15)/t9-,10-/m0/s1. The molecule has 0 aliphatic carbocycles. The predicted molar refractivity (Wildman–Crippen MR) is 60.1 cm³/mol. The molecule has 5 heteroatoms. The van der Waals surface area contributed by atoms with Gasteiger partial charge in [0.15, 0.2) is 0 Å². The van der Waals surface area contributed by atoms with Crippen molar-refractivity contribution in [3.8, 4) is 0 Å². The normalized spacial score (nSPS) is 24.6. The summed E-state index contributed by atoms with van der Waals surface area (Å²) in [5.74, 6) is -1.06. The van der Waals surface area contributed by atoms with Crippen molar-refractivity contribution in [3.05, 3.63) is 30.1 Å². The van der Waals surface area contributed by atoms with Crippen LogP contribution in [0.2, 0.25) is 0 Å². The smallest absolute Gasteiger partial charge is 0.320 e. The number of nitrogens with one attached hydrogen (secondary N) is 1. The molecule has 2 N–H and O–H groups in total. The SMILES string of the molecule is O=C(O)[C@@H]1C[C@H](Sc2ccc(F)cc2)CN1. The highest BCUT2D eigenvalue weighted by Gasteiger charge is 2.29. The molecule has 1 aliphatic heterocycles. The van der Waals surface area contributed by atoms with Crippen molar-refractivity contribution >= 4 is 17.7 Å². The highest BCUT2D eigenvalue weighted by Crippen LogP contribution is 2.28. The third kappa shape index (κ3) is 2.74. The van der Waals surface area contributed by atoms with E-state index in [0.29, 0.717) is 13.0 Å². The zero-order chi connectivity index (χ0) is 11.5. The molecule has 1 heterocycles. The molecule has 1 fully saturated rings. The second-order valence-electron chi connectivity index (χ2n) is 3.73. The van der Waals surface area contributed by atoms with E-state index >= 15 is 0 Å². The second kappa shape index (κ2) is 4.84. The van der Waals surface area contributed by atoms with Gasteiger partial charge in [0.1, 0.15) is 11.9 Å². The molecule has 2 rings (SSSR count). The maximum absolute atomic E-state index is 12.7. The number of rotatable bonds is 3. The van der Waals surface area contributed by atoms with Gasteiger partial charge in [-0.2, -0.15) is 0 Å². The van der Waals surface area contributed by atoms with Gasteiger partial charge in [0, 0.05) is 16.7 Å². The number of carboxylic acids is 1. The highest BCUT2D eigenvalue weighted by atomic mass is 32.2. The monoisotopic (exact) mass is 241 g/mol. The van der Waals surface area contributed by atoms with Gasteiger partial charge in [-0.3, -0.25) is 4.79 Å². The van der Waals surface area contributed by atoms with Crippen molar-refractivity contribution < 1.29 is 14.3 Å². The Balaban J connectivity index is 1.92. The minimum atomic E-state index is -0.804. The molecular formula is C11H12FNO2S. The lowest BCUT2D eigenvalue weighted by molar-refractivity contribution is -0.139. The first-order chi connectivity index (χ1) is 7.65. The Kier molecular flexibility index (Phi) is 3.46. The molecule has 0 unspecified atom stereocenters. The zero-order valence-electron chi connectivity index (χ0n) is 8.52. The van der Waals surface area contributed by atoms with E-state index in [-0.39, 0.29) is 11.1 Å². The summed E-state index contributed by atoms with van der Waals surface area (Å²) in [5, 5.41) is 12.0. The highest BCUT2D eigenvalue weighted by molar-refractivity contribution is 8.00. The van der Waals surface area contributed by atoms with Gasteiger partial charge in [-0.05, 0) is 30.7 Å². The lowest BCUT2D eigenvalue weighted by Gasteiger charge is -2.07. The van der Waals surface area contributed by atoms with E-state index in [2.05, 4.69) is 5.32 Å². The van der Waals surface area contributed by atoms with Crippen LogP contribution < -0.4 is 5.32 Å². The van der Waals surface area contributed by atoms with Crippen molar-refractivity contribution in [2.24, 2.45) is 0 Å². The Labute approximate surface area is 97.0 Å². The van der Waals surface area contributed by atoms with Crippen molar-refractivity contribution in [1.82, 2.24) is 5.32 Å². The Morgan fingerprint density at radius 2 is 2.12 bits per heavy atom. The molecule has 1 aromatic rings. The molecule has 16 heavy (non-hydrogen) atoms. The van der Waals surface area contributed by atoms with Gasteiger partial charge >= 0.3 is 5.97 Å². The first-order valence-electron chi connectivity index (χ1n) is 5.03. The van der Waals surface area contributed by atoms with E-state index in [9.17, 15) is 9.18 Å². The number of aliphatic carboxylic acids is 1. The van der Waals surface area contributed by atoms with Gasteiger partial charge in [0.05, 0.1) is 0 Å². The third-order valence-corrected chi connectivity index (χ3v) is 3.74. The van der Waals surface area contributed by atoms with Gasteiger partial charge in [0.25, 0.3) is 0 Å². The first kappa shape index (κ1) is 11.4. The molecule has 1 aliphatic rings. The fourth-order valence-electron chi connectivity index (χ4n) is 1.69. The third-order valence-electron chi connectivity index (χ3n) is 2.50. The van der Waals surface area contributed by atoms with Gasteiger partial charge < -0.3 is 10.4 Å². The number of hydrogen-bond donors (Lipinski definition) is 2. The number of carbonyl (C=O) groups is 1. The van der Waals surface area contributed by atoms with Crippen LogP contribution >= 0.6 is 11.8 Å². The van der Waals surface area contributed by atoms with Crippen molar-refractivity contribution in [3.63, 3.8) is 0 Å². The summed E-state index contributed by atoms with van der Waals surface area (Å²) >= 11 is 1.59. The molecule has 0 aromatic heterocycles. The lowest BCUT2D eigenvalue weighted by atomic mass is 10.2. The maximum Gasteiger partial charge on any atom is 0.320 e. The second-order valence-corrected chi connectivity index (χ2v) is 5.10. The van der Waals surface area contributed by atoms with Crippen LogP contribution in [0.5, 0.6) is 0 Å². The van der Waals surface area contributed by atoms with Crippen LogP contribution in [-0.2, 0) is 4.79 Å². The molecule has 2 atom stereocenters. The van der Waals surface area contributed by atoms with Gasteiger partial charge in [-0.1, -0.05) is 0 Å². The summed E-state index contributed by atoms with van der Waals surface area (Å²) in [6.07, 6.45) is 0.609. The Morgan fingerprint density at radius 1 is 1.44 bits per heavy atom. The molecule has 1 saturated heterocycles. The molecule has 3 nitrogen and oxygen atoms in total. The topological polar surface area (TPSA) is 49.3 Å². The maximum atomic E-state index is 12.7. The predicted octanol–water partition coefficient (Wildman–Crippen LogP) is 1.73. The van der Waals surface area contributed by atoms with E-state index in [0.717, 1.165) is 4.90 Å². The Hall–Kier alpha value is -1.07. The van der Waals surface area contributed by atoms with Crippen LogP contribution in [0.3, 0.4) is 0 Å². The quantitative estimate of drug-likeness (QED) is 0.846. The first-order valence-corrected chi connectivity index (χ1v) is 5.91. The van der Waals surface area contributed by atoms with Crippen LogP contribution in [-0.4, -0.2) is 28.9 Å². The molecule has 86 valence electrons. The average Bonchev–Trinajstić information content (AvgIpc) is 2.70. The Bertz CT molecular complexity index is 382. The van der Waals surface area contributed by atoms with Crippen LogP contribution in [0, 0.1) is 5.82 Å². The Morgan fingerprint density at radius 3 is 2.69 bits per heavy atom. The summed E-state index contributed by atoms with van der Waals surface area (Å²) in [5.41, 5.74) is 0. The van der Waals surface area contributed by atoms with E-state index < -0.39 is 12.0 Å². The van der Waals surface area contributed by atoms with Crippen LogP contribution in [0.1, 0.15) is 6.42 Å². The number of halogens is 1. The number of carboxylic acid groups (broad SMARTS) is 1. The van der Waals surface area contributed by atoms with Crippen LogP contribution in [0.4, 0.5) is 4.39 Å². The zero-order valence-corrected chi connectivity index (χ0v) is 9.34. The molecule has 0 amide bonds. The van der Waals surface area contributed by atoms with Crippen LogP contribution in [0.25, 0.3) is 0 Å². The van der Waals surface area contributed by atoms with Crippen molar-refractivity contribution in [2.75, 3.05) is 6.54 Å². The average molecular weight is 241 g/mol. The molecule has 0 bridgehead atoms. The minimum absolute atomic E-state index is 0.242. The van der Waals surface area contributed by atoms with E-state index in [1.165, 1.54) is 12.1 Å². The van der Waals surface area contributed by atoms with E-state index in [1.54, 1.807) is 23.9 Å². The van der Waals surface area contributed by atoms with Gasteiger partial charge in [-0.15, -0.1) is 11.8 Å². The van der Waals surface area contributed by atoms with Gasteiger partial charge in [0.2, 0.25) is 0 Å². The number of benzene rings is 1. The van der Waals surface area contributed by atoms with Crippen molar-refractivity contribution in [1.29, 1.82) is 0 Å². The largest absolute Gasteiger partial charge is 0.480 e. The minimum Gasteiger partial charge on any atom is -0.480 e. The molecule has 0 radical (unpaired) electrons. The summed E-state index contributed by atoms with van der Waals surface area (Å²) < 4.78 is 12.7. The summed E-state index contributed by atoms with van der Waals surface area (Å²) in [6.45, 7) is 0.680. The molecule has 0 spiro atoms. The molecular weight excluding hydrogens is 229 g/mol. The van der Waals surface area contributed by atoms with Crippen molar-refractivity contribution in [2.45, 2.75) is 22.6 Å². The lowest BCUT2D eigenvalue weighted by Crippen LogP contribution is -2.29. The molecule has 0 saturated carbocycles. The number of thioether (sulfide) groups is 1. The molecule has 1 aromatic carbocycles. The van der Waals surface area contributed by atoms with E-state index in [4.69, 9.17) is 5.11 Å². The number of hydrogen-bond acceptors (Lipinski definition) is 3.